The number of rotatable bonds is 9. The van der Waals surface area contributed by atoms with Gasteiger partial charge in [0.1, 0.15) is 5.01 Å². The zero-order chi connectivity index (χ0) is 11.6. The highest BCUT2D eigenvalue weighted by molar-refractivity contribution is 7.13. The fourth-order valence-corrected chi connectivity index (χ4v) is 1.50. The molecule has 0 atom stereocenters. The van der Waals surface area contributed by atoms with E-state index in [2.05, 4.69) is 10.2 Å². The van der Waals surface area contributed by atoms with E-state index >= 15 is 0 Å². The molecule has 0 saturated heterocycles. The summed E-state index contributed by atoms with van der Waals surface area (Å²) >= 11 is 1.25. The zero-order valence-electron chi connectivity index (χ0n) is 9.22. The minimum Gasteiger partial charge on any atom is -0.469 e. The van der Waals surface area contributed by atoms with Crippen LogP contribution in [0.1, 0.15) is 11.4 Å². The Morgan fingerprint density at radius 1 is 1.19 bits per heavy atom. The summed E-state index contributed by atoms with van der Waals surface area (Å²) in [5, 5.41) is 17.3. The first-order valence-electron chi connectivity index (χ1n) is 4.99. The molecule has 0 fully saturated rings. The van der Waals surface area contributed by atoms with E-state index < -0.39 is 0 Å². The van der Waals surface area contributed by atoms with Gasteiger partial charge in [0.2, 0.25) is 0 Å². The molecule has 0 spiro atoms. The zero-order valence-corrected chi connectivity index (χ0v) is 10.0. The number of methoxy groups -OCH3 is 1. The predicted molar refractivity (Wildman–Crippen MR) is 58.6 cm³/mol. The van der Waals surface area contributed by atoms with Gasteiger partial charge in [-0.15, -0.1) is 5.10 Å². The van der Waals surface area contributed by atoms with Gasteiger partial charge in [-0.2, -0.15) is 0 Å². The average molecular weight is 248 g/mol. The Labute approximate surface area is 98.2 Å². The molecule has 0 unspecified atom stereocenters. The number of hydrogen-bond acceptors (Lipinski definition) is 7. The summed E-state index contributed by atoms with van der Waals surface area (Å²) in [6.07, 6.45) is 0.789. The van der Waals surface area contributed by atoms with E-state index in [1.54, 1.807) is 7.11 Å². The first-order chi connectivity index (χ1) is 7.86. The van der Waals surface area contributed by atoms with E-state index in [0.29, 0.717) is 36.6 Å². The van der Waals surface area contributed by atoms with Gasteiger partial charge in [0.05, 0.1) is 26.4 Å². The molecular formula is C9H16N2O4S. The summed E-state index contributed by atoms with van der Waals surface area (Å²) in [5.74, 6) is 0. The molecule has 1 N–H and O–H groups in total. The topological polar surface area (TPSA) is 73.7 Å². The lowest BCUT2D eigenvalue weighted by atomic mass is 10.5. The molecule has 1 rings (SSSR count). The van der Waals surface area contributed by atoms with Gasteiger partial charge < -0.3 is 19.3 Å². The smallest absolute Gasteiger partial charge is 0.294 e. The van der Waals surface area contributed by atoms with E-state index in [1.807, 2.05) is 0 Å². The molecule has 1 aromatic heterocycles. The SMILES string of the molecule is COCCOCCCOc1nnc(CO)s1. The van der Waals surface area contributed by atoms with Crippen molar-refractivity contribution in [2.45, 2.75) is 13.0 Å². The minimum absolute atomic E-state index is 0.0961. The van der Waals surface area contributed by atoms with Crippen molar-refractivity contribution in [3.8, 4) is 5.19 Å². The van der Waals surface area contributed by atoms with Crippen molar-refractivity contribution < 1.29 is 19.3 Å². The van der Waals surface area contributed by atoms with Crippen molar-refractivity contribution in [2.75, 3.05) is 33.5 Å². The summed E-state index contributed by atoms with van der Waals surface area (Å²) in [6.45, 7) is 2.28. The molecule has 0 radical (unpaired) electrons. The Bertz CT molecular complexity index is 282. The molecule has 7 heteroatoms. The highest BCUT2D eigenvalue weighted by Crippen LogP contribution is 2.17. The van der Waals surface area contributed by atoms with Crippen molar-refractivity contribution in [1.82, 2.24) is 10.2 Å². The third-order valence-electron chi connectivity index (χ3n) is 1.67. The third kappa shape index (κ3) is 5.36. The van der Waals surface area contributed by atoms with Crippen LogP contribution in [0, 0.1) is 0 Å². The van der Waals surface area contributed by atoms with Gasteiger partial charge in [-0.3, -0.25) is 0 Å². The summed E-state index contributed by atoms with van der Waals surface area (Å²) in [6, 6.07) is 0. The van der Waals surface area contributed by atoms with E-state index in [-0.39, 0.29) is 6.61 Å². The highest BCUT2D eigenvalue weighted by Gasteiger charge is 2.02. The van der Waals surface area contributed by atoms with E-state index in [0.717, 1.165) is 6.42 Å². The Hall–Kier alpha value is -0.760. The first kappa shape index (κ1) is 13.3. The fraction of sp³-hybridized carbons (Fsp3) is 0.778. The lowest BCUT2D eigenvalue weighted by molar-refractivity contribution is 0.0644. The Kier molecular flexibility index (Phi) is 6.98. The molecular weight excluding hydrogens is 232 g/mol. The van der Waals surface area contributed by atoms with Gasteiger partial charge in [-0.05, 0) is 0 Å². The molecule has 16 heavy (non-hydrogen) atoms. The molecule has 0 aromatic carbocycles. The molecule has 0 aliphatic heterocycles. The van der Waals surface area contributed by atoms with Gasteiger partial charge in [-0.1, -0.05) is 16.4 Å². The van der Waals surface area contributed by atoms with Crippen LogP contribution in [0.25, 0.3) is 0 Å². The van der Waals surface area contributed by atoms with Crippen LogP contribution in [0.2, 0.25) is 0 Å². The van der Waals surface area contributed by atoms with Crippen molar-refractivity contribution in [3.63, 3.8) is 0 Å². The number of ether oxygens (including phenoxy) is 3. The van der Waals surface area contributed by atoms with Crippen molar-refractivity contribution >= 4 is 11.3 Å². The van der Waals surface area contributed by atoms with E-state index in [9.17, 15) is 0 Å². The van der Waals surface area contributed by atoms with Gasteiger partial charge in [-0.25, -0.2) is 0 Å². The standard InChI is InChI=1S/C9H16N2O4S/c1-13-5-6-14-3-2-4-15-9-11-10-8(7-12)16-9/h12H,2-7H2,1H3. The molecule has 0 aliphatic rings. The Morgan fingerprint density at radius 3 is 2.75 bits per heavy atom. The van der Waals surface area contributed by atoms with Crippen LogP contribution < -0.4 is 4.74 Å². The van der Waals surface area contributed by atoms with Crippen LogP contribution >= 0.6 is 11.3 Å². The number of aliphatic hydroxyl groups excluding tert-OH is 1. The lowest BCUT2D eigenvalue weighted by Crippen LogP contribution is -2.06. The van der Waals surface area contributed by atoms with Crippen molar-refractivity contribution in [1.29, 1.82) is 0 Å². The van der Waals surface area contributed by atoms with E-state index in [1.165, 1.54) is 11.3 Å². The molecule has 1 heterocycles. The van der Waals surface area contributed by atoms with Crippen LogP contribution in [0.3, 0.4) is 0 Å². The second-order valence-corrected chi connectivity index (χ2v) is 3.95. The molecule has 0 bridgehead atoms. The lowest BCUT2D eigenvalue weighted by Gasteiger charge is -2.03. The second-order valence-electron chi connectivity index (χ2n) is 2.93. The maximum atomic E-state index is 8.76. The highest BCUT2D eigenvalue weighted by atomic mass is 32.1. The minimum atomic E-state index is -0.0961. The maximum absolute atomic E-state index is 8.76. The van der Waals surface area contributed by atoms with Crippen LogP contribution in [-0.4, -0.2) is 48.8 Å². The van der Waals surface area contributed by atoms with Gasteiger partial charge in [0.25, 0.3) is 5.19 Å². The van der Waals surface area contributed by atoms with Crippen LogP contribution in [0.4, 0.5) is 0 Å². The quantitative estimate of drug-likeness (QED) is 0.640. The monoisotopic (exact) mass is 248 g/mol. The number of nitrogens with zero attached hydrogens (tertiary/aromatic N) is 2. The normalized spacial score (nSPS) is 10.6. The molecule has 0 saturated carbocycles. The van der Waals surface area contributed by atoms with Gasteiger partial charge in [0.15, 0.2) is 0 Å². The molecule has 1 aromatic rings. The number of aliphatic hydroxyl groups is 1. The largest absolute Gasteiger partial charge is 0.469 e. The number of hydrogen-bond donors (Lipinski definition) is 1. The van der Waals surface area contributed by atoms with Gasteiger partial charge >= 0.3 is 0 Å². The average Bonchev–Trinajstić information content (AvgIpc) is 2.76. The maximum Gasteiger partial charge on any atom is 0.294 e. The Balaban J connectivity index is 1.98. The summed E-state index contributed by atoms with van der Waals surface area (Å²) in [5.41, 5.74) is 0. The third-order valence-corrected chi connectivity index (χ3v) is 2.49. The summed E-state index contributed by atoms with van der Waals surface area (Å²) in [4.78, 5) is 0. The fourth-order valence-electron chi connectivity index (χ4n) is 0.925. The predicted octanol–water partition coefficient (Wildman–Crippen LogP) is 0.462. The van der Waals surface area contributed by atoms with Crippen molar-refractivity contribution in [3.05, 3.63) is 5.01 Å². The first-order valence-corrected chi connectivity index (χ1v) is 5.81. The molecule has 6 nitrogen and oxygen atoms in total. The molecule has 0 aliphatic carbocycles. The molecule has 0 amide bonds. The van der Waals surface area contributed by atoms with Crippen LogP contribution in [0.15, 0.2) is 0 Å². The van der Waals surface area contributed by atoms with E-state index in [4.69, 9.17) is 19.3 Å². The summed E-state index contributed by atoms with van der Waals surface area (Å²) < 4.78 is 15.4. The van der Waals surface area contributed by atoms with Crippen LogP contribution in [0.5, 0.6) is 5.19 Å². The van der Waals surface area contributed by atoms with Crippen LogP contribution in [-0.2, 0) is 16.1 Å². The Morgan fingerprint density at radius 2 is 2.06 bits per heavy atom. The number of aromatic nitrogens is 2. The second kappa shape index (κ2) is 8.40. The van der Waals surface area contributed by atoms with Gasteiger partial charge in [0, 0.05) is 20.1 Å². The molecule has 92 valence electrons. The van der Waals surface area contributed by atoms with Crippen molar-refractivity contribution in [2.24, 2.45) is 0 Å². The summed E-state index contributed by atoms with van der Waals surface area (Å²) in [7, 11) is 1.64.